The first-order valence-corrected chi connectivity index (χ1v) is 7.31. The van der Waals surface area contributed by atoms with Crippen molar-refractivity contribution in [3.05, 3.63) is 11.6 Å². The second kappa shape index (κ2) is 6.44. The first-order valence-electron chi connectivity index (χ1n) is 7.31. The molecule has 2 N–H and O–H groups in total. The highest BCUT2D eigenvalue weighted by atomic mass is 14.6. The Kier molecular flexibility index (Phi) is 4.90. The van der Waals surface area contributed by atoms with Crippen LogP contribution in [0.3, 0.4) is 0 Å². The van der Waals surface area contributed by atoms with Crippen molar-refractivity contribution in [2.24, 2.45) is 11.7 Å². The van der Waals surface area contributed by atoms with Gasteiger partial charge in [-0.25, -0.2) is 0 Å². The summed E-state index contributed by atoms with van der Waals surface area (Å²) in [7, 11) is 0. The van der Waals surface area contributed by atoms with Gasteiger partial charge in [-0.05, 0) is 44.4 Å². The van der Waals surface area contributed by atoms with Gasteiger partial charge in [-0.3, -0.25) is 0 Å². The van der Waals surface area contributed by atoms with Gasteiger partial charge < -0.3 is 5.73 Å². The minimum absolute atomic E-state index is 0.377. The minimum atomic E-state index is 0.377. The Labute approximate surface area is 100 Å². The topological polar surface area (TPSA) is 26.0 Å². The van der Waals surface area contributed by atoms with Crippen LogP contribution >= 0.6 is 0 Å². The summed E-state index contributed by atoms with van der Waals surface area (Å²) in [4.78, 5) is 0. The van der Waals surface area contributed by atoms with Crippen LogP contribution in [0.25, 0.3) is 0 Å². The van der Waals surface area contributed by atoms with E-state index in [1.165, 1.54) is 70.6 Å². The van der Waals surface area contributed by atoms with Crippen LogP contribution < -0.4 is 5.73 Å². The third-order valence-electron chi connectivity index (χ3n) is 4.41. The van der Waals surface area contributed by atoms with Gasteiger partial charge in [0.2, 0.25) is 0 Å². The maximum absolute atomic E-state index is 6.30. The summed E-state index contributed by atoms with van der Waals surface area (Å²) in [5, 5.41) is 0. The summed E-state index contributed by atoms with van der Waals surface area (Å²) in [5.74, 6) is 0.990. The Morgan fingerprint density at radius 3 is 2.62 bits per heavy atom. The molecule has 0 aromatic rings. The molecular weight excluding hydrogens is 194 g/mol. The van der Waals surface area contributed by atoms with E-state index in [9.17, 15) is 0 Å². The van der Waals surface area contributed by atoms with E-state index >= 15 is 0 Å². The van der Waals surface area contributed by atoms with Crippen molar-refractivity contribution >= 4 is 0 Å². The third-order valence-corrected chi connectivity index (χ3v) is 4.41. The molecule has 0 aliphatic heterocycles. The zero-order chi connectivity index (χ0) is 11.2. The molecule has 1 saturated carbocycles. The SMILES string of the molecule is NC(CCC1CCCCC1)C1=CCCCC1. The van der Waals surface area contributed by atoms with Crippen LogP contribution in [-0.2, 0) is 0 Å². The van der Waals surface area contributed by atoms with E-state index in [1.807, 2.05) is 0 Å². The molecule has 0 bridgehead atoms. The average Bonchev–Trinajstić information content (AvgIpc) is 2.38. The highest BCUT2D eigenvalue weighted by Crippen LogP contribution is 2.29. The quantitative estimate of drug-likeness (QED) is 0.708. The Balaban J connectivity index is 1.69. The molecule has 2 aliphatic carbocycles. The lowest BCUT2D eigenvalue weighted by Gasteiger charge is -2.25. The monoisotopic (exact) mass is 221 g/mol. The van der Waals surface area contributed by atoms with Crippen molar-refractivity contribution in [3.63, 3.8) is 0 Å². The highest BCUT2D eigenvalue weighted by Gasteiger charge is 2.17. The van der Waals surface area contributed by atoms with E-state index in [2.05, 4.69) is 6.08 Å². The third kappa shape index (κ3) is 3.62. The van der Waals surface area contributed by atoms with E-state index in [0.717, 1.165) is 5.92 Å². The van der Waals surface area contributed by atoms with E-state index in [-0.39, 0.29) is 0 Å². The molecule has 2 rings (SSSR count). The van der Waals surface area contributed by atoms with Gasteiger partial charge in [0.25, 0.3) is 0 Å². The Hall–Kier alpha value is -0.300. The van der Waals surface area contributed by atoms with Crippen molar-refractivity contribution in [1.82, 2.24) is 0 Å². The van der Waals surface area contributed by atoms with E-state index in [1.54, 1.807) is 5.57 Å². The number of allylic oxidation sites excluding steroid dienone is 1. The van der Waals surface area contributed by atoms with E-state index < -0.39 is 0 Å². The average molecular weight is 221 g/mol. The van der Waals surface area contributed by atoms with Gasteiger partial charge in [0.1, 0.15) is 0 Å². The van der Waals surface area contributed by atoms with E-state index in [0.29, 0.717) is 6.04 Å². The van der Waals surface area contributed by atoms with Gasteiger partial charge in [0.05, 0.1) is 0 Å². The summed E-state index contributed by atoms with van der Waals surface area (Å²) in [6.45, 7) is 0. The molecule has 0 aromatic heterocycles. The number of hydrogen-bond acceptors (Lipinski definition) is 1. The fourth-order valence-corrected chi connectivity index (χ4v) is 3.28. The molecule has 16 heavy (non-hydrogen) atoms. The molecule has 0 amide bonds. The van der Waals surface area contributed by atoms with E-state index in [4.69, 9.17) is 5.73 Å². The van der Waals surface area contributed by atoms with Crippen LogP contribution in [0, 0.1) is 5.92 Å². The predicted octanol–water partition coefficient (Wildman–Crippen LogP) is 4.17. The molecule has 2 aliphatic rings. The predicted molar refractivity (Wildman–Crippen MR) is 70.3 cm³/mol. The van der Waals surface area contributed by atoms with Crippen LogP contribution in [0.15, 0.2) is 11.6 Å². The zero-order valence-electron chi connectivity index (χ0n) is 10.6. The molecule has 1 fully saturated rings. The summed E-state index contributed by atoms with van der Waals surface area (Å²) in [6, 6.07) is 0.377. The van der Waals surface area contributed by atoms with Crippen LogP contribution in [0.5, 0.6) is 0 Å². The molecule has 0 aromatic carbocycles. The second-order valence-electron chi connectivity index (χ2n) is 5.71. The summed E-state index contributed by atoms with van der Waals surface area (Å²) >= 11 is 0. The summed E-state index contributed by atoms with van der Waals surface area (Å²) in [5.41, 5.74) is 7.85. The Morgan fingerprint density at radius 1 is 1.12 bits per heavy atom. The lowest BCUT2D eigenvalue weighted by atomic mass is 9.83. The van der Waals surface area contributed by atoms with Gasteiger partial charge in [-0.1, -0.05) is 43.8 Å². The fraction of sp³-hybridized carbons (Fsp3) is 0.867. The molecule has 1 nitrogen and oxygen atoms in total. The van der Waals surface area contributed by atoms with Gasteiger partial charge in [-0.2, -0.15) is 0 Å². The maximum atomic E-state index is 6.30. The van der Waals surface area contributed by atoms with Crippen molar-refractivity contribution in [2.45, 2.75) is 76.7 Å². The molecular formula is C15H27N. The molecule has 0 radical (unpaired) electrons. The van der Waals surface area contributed by atoms with Crippen LogP contribution in [-0.4, -0.2) is 6.04 Å². The Morgan fingerprint density at radius 2 is 1.94 bits per heavy atom. The van der Waals surface area contributed by atoms with Crippen LogP contribution in [0.2, 0.25) is 0 Å². The van der Waals surface area contributed by atoms with Crippen molar-refractivity contribution in [3.8, 4) is 0 Å². The maximum Gasteiger partial charge on any atom is 0.0253 e. The largest absolute Gasteiger partial charge is 0.324 e. The number of rotatable bonds is 4. The lowest BCUT2D eigenvalue weighted by Crippen LogP contribution is -2.25. The van der Waals surface area contributed by atoms with Crippen LogP contribution in [0.1, 0.15) is 70.6 Å². The van der Waals surface area contributed by atoms with Gasteiger partial charge in [0.15, 0.2) is 0 Å². The van der Waals surface area contributed by atoms with Gasteiger partial charge in [0, 0.05) is 6.04 Å². The van der Waals surface area contributed by atoms with Crippen molar-refractivity contribution in [1.29, 1.82) is 0 Å². The molecule has 1 atom stereocenters. The standard InChI is InChI=1S/C15H27N/c16-15(14-9-5-2-6-10-14)12-11-13-7-3-1-4-8-13/h9,13,15H,1-8,10-12,16H2. The van der Waals surface area contributed by atoms with Crippen molar-refractivity contribution < 1.29 is 0 Å². The molecule has 0 saturated heterocycles. The number of hydrogen-bond donors (Lipinski definition) is 1. The highest BCUT2D eigenvalue weighted by molar-refractivity contribution is 5.12. The van der Waals surface area contributed by atoms with Crippen LogP contribution in [0.4, 0.5) is 0 Å². The van der Waals surface area contributed by atoms with Crippen molar-refractivity contribution in [2.75, 3.05) is 0 Å². The molecule has 0 spiro atoms. The lowest BCUT2D eigenvalue weighted by molar-refractivity contribution is 0.326. The molecule has 0 heterocycles. The first kappa shape index (κ1) is 12.2. The van der Waals surface area contributed by atoms with Gasteiger partial charge >= 0.3 is 0 Å². The smallest absolute Gasteiger partial charge is 0.0253 e. The zero-order valence-corrected chi connectivity index (χ0v) is 10.6. The molecule has 92 valence electrons. The summed E-state index contributed by atoms with van der Waals surface area (Å²) < 4.78 is 0. The first-order chi connectivity index (χ1) is 7.86. The normalized spacial score (nSPS) is 25.2. The van der Waals surface area contributed by atoms with Gasteiger partial charge in [-0.15, -0.1) is 0 Å². The minimum Gasteiger partial charge on any atom is -0.324 e. The second-order valence-corrected chi connectivity index (χ2v) is 5.71. The molecule has 1 unspecified atom stereocenters. The number of nitrogens with two attached hydrogens (primary N) is 1. The summed E-state index contributed by atoms with van der Waals surface area (Å²) in [6.07, 6.45) is 17.6. The fourth-order valence-electron chi connectivity index (χ4n) is 3.28. The molecule has 1 heteroatoms. The Bertz CT molecular complexity index is 226.